The van der Waals surface area contributed by atoms with Crippen LogP contribution in [0.4, 0.5) is 5.69 Å². The second-order valence-corrected chi connectivity index (χ2v) is 7.61. The second kappa shape index (κ2) is 6.87. The van der Waals surface area contributed by atoms with Gasteiger partial charge in [-0.1, -0.05) is 32.9 Å². The molecule has 0 aliphatic rings. The standard InChI is InChI=1S/C16H19N3O3S/c1-4-23(21,22)15-9-8-14(18-19-15)12-6-5-7-13(10-12)17-16(20)11(2)3/h5-11H,4H2,1-3H3,(H,17,20). The zero-order valence-electron chi connectivity index (χ0n) is 13.3. The Morgan fingerprint density at radius 3 is 2.48 bits per heavy atom. The largest absolute Gasteiger partial charge is 0.326 e. The number of carbonyl (C=O) groups is 1. The minimum atomic E-state index is -3.36. The first-order valence-electron chi connectivity index (χ1n) is 7.31. The third-order valence-corrected chi connectivity index (χ3v) is 4.90. The number of sulfone groups is 1. The van der Waals surface area contributed by atoms with E-state index >= 15 is 0 Å². The maximum atomic E-state index is 11.7. The van der Waals surface area contributed by atoms with Crippen LogP contribution in [0.15, 0.2) is 41.4 Å². The first-order valence-corrected chi connectivity index (χ1v) is 8.96. The van der Waals surface area contributed by atoms with E-state index in [1.54, 1.807) is 31.2 Å². The number of anilines is 1. The van der Waals surface area contributed by atoms with E-state index in [1.165, 1.54) is 6.07 Å². The number of amides is 1. The van der Waals surface area contributed by atoms with E-state index in [0.717, 1.165) is 5.56 Å². The molecule has 0 aliphatic carbocycles. The van der Waals surface area contributed by atoms with Crippen molar-refractivity contribution in [3.8, 4) is 11.3 Å². The van der Waals surface area contributed by atoms with Gasteiger partial charge in [-0.05, 0) is 24.3 Å². The van der Waals surface area contributed by atoms with Gasteiger partial charge in [0.05, 0.1) is 11.4 Å². The molecule has 2 aromatic rings. The number of hydrogen-bond donors (Lipinski definition) is 1. The van der Waals surface area contributed by atoms with Crippen molar-refractivity contribution < 1.29 is 13.2 Å². The molecule has 2 rings (SSSR count). The van der Waals surface area contributed by atoms with Crippen LogP contribution in [-0.4, -0.2) is 30.3 Å². The number of nitrogens with one attached hydrogen (secondary N) is 1. The molecule has 23 heavy (non-hydrogen) atoms. The van der Waals surface area contributed by atoms with Crippen LogP contribution in [0.25, 0.3) is 11.3 Å². The van der Waals surface area contributed by atoms with Crippen molar-refractivity contribution in [2.24, 2.45) is 5.92 Å². The van der Waals surface area contributed by atoms with Crippen LogP contribution in [0.5, 0.6) is 0 Å². The normalized spacial score (nSPS) is 11.5. The monoisotopic (exact) mass is 333 g/mol. The molecular formula is C16H19N3O3S. The highest BCUT2D eigenvalue weighted by atomic mass is 32.2. The number of hydrogen-bond acceptors (Lipinski definition) is 5. The van der Waals surface area contributed by atoms with Gasteiger partial charge in [0.2, 0.25) is 5.91 Å². The van der Waals surface area contributed by atoms with Crippen LogP contribution in [0.1, 0.15) is 20.8 Å². The summed E-state index contributed by atoms with van der Waals surface area (Å²) >= 11 is 0. The fourth-order valence-corrected chi connectivity index (χ4v) is 2.57. The molecule has 1 heterocycles. The highest BCUT2D eigenvalue weighted by molar-refractivity contribution is 7.91. The maximum Gasteiger partial charge on any atom is 0.226 e. The van der Waals surface area contributed by atoms with Gasteiger partial charge in [0, 0.05) is 17.2 Å². The van der Waals surface area contributed by atoms with Crippen LogP contribution in [0.3, 0.4) is 0 Å². The van der Waals surface area contributed by atoms with E-state index in [-0.39, 0.29) is 22.6 Å². The summed E-state index contributed by atoms with van der Waals surface area (Å²) in [7, 11) is -3.36. The minimum absolute atomic E-state index is 0.0161. The van der Waals surface area contributed by atoms with Gasteiger partial charge in [0.25, 0.3) is 0 Å². The molecule has 0 spiro atoms. The van der Waals surface area contributed by atoms with Gasteiger partial charge in [-0.3, -0.25) is 4.79 Å². The van der Waals surface area contributed by atoms with E-state index in [0.29, 0.717) is 11.4 Å². The molecule has 1 aromatic heterocycles. The number of nitrogens with zero attached hydrogens (tertiary/aromatic N) is 2. The minimum Gasteiger partial charge on any atom is -0.326 e. The Kier molecular flexibility index (Phi) is 5.10. The Labute approximate surface area is 135 Å². The van der Waals surface area contributed by atoms with Crippen molar-refractivity contribution in [2.45, 2.75) is 25.8 Å². The molecule has 0 fully saturated rings. The Morgan fingerprint density at radius 1 is 1.17 bits per heavy atom. The second-order valence-electron chi connectivity index (χ2n) is 5.38. The van der Waals surface area contributed by atoms with Crippen molar-refractivity contribution in [1.82, 2.24) is 10.2 Å². The number of rotatable bonds is 5. The molecule has 0 bridgehead atoms. The maximum absolute atomic E-state index is 11.7. The summed E-state index contributed by atoms with van der Waals surface area (Å²) in [5.41, 5.74) is 1.95. The first kappa shape index (κ1) is 17.1. The van der Waals surface area contributed by atoms with Crippen LogP contribution >= 0.6 is 0 Å². The lowest BCUT2D eigenvalue weighted by Gasteiger charge is -2.09. The predicted molar refractivity (Wildman–Crippen MR) is 88.7 cm³/mol. The average Bonchev–Trinajstić information content (AvgIpc) is 2.55. The molecule has 1 aromatic carbocycles. The molecule has 0 saturated carbocycles. The van der Waals surface area contributed by atoms with E-state index in [1.807, 2.05) is 19.9 Å². The van der Waals surface area contributed by atoms with Gasteiger partial charge in [-0.2, -0.15) is 0 Å². The fourth-order valence-electron chi connectivity index (χ4n) is 1.83. The summed E-state index contributed by atoms with van der Waals surface area (Å²) in [4.78, 5) is 11.7. The van der Waals surface area contributed by atoms with Crippen LogP contribution < -0.4 is 5.32 Å². The lowest BCUT2D eigenvalue weighted by molar-refractivity contribution is -0.118. The average molecular weight is 333 g/mol. The molecule has 0 radical (unpaired) electrons. The fraction of sp³-hybridized carbons (Fsp3) is 0.312. The number of benzene rings is 1. The SMILES string of the molecule is CCS(=O)(=O)c1ccc(-c2cccc(NC(=O)C(C)C)c2)nn1. The van der Waals surface area contributed by atoms with Gasteiger partial charge >= 0.3 is 0 Å². The van der Waals surface area contributed by atoms with Crippen molar-refractivity contribution in [3.63, 3.8) is 0 Å². The quantitative estimate of drug-likeness (QED) is 0.908. The first-order chi connectivity index (χ1) is 10.8. The molecule has 0 unspecified atom stereocenters. The van der Waals surface area contributed by atoms with Gasteiger partial charge in [0.1, 0.15) is 0 Å². The molecule has 6 nitrogen and oxygen atoms in total. The Bertz CT molecular complexity index is 800. The summed E-state index contributed by atoms with van der Waals surface area (Å²) in [6.07, 6.45) is 0. The van der Waals surface area contributed by atoms with Gasteiger partial charge in [0.15, 0.2) is 14.9 Å². The van der Waals surface area contributed by atoms with Gasteiger partial charge in [-0.25, -0.2) is 8.42 Å². The molecular weight excluding hydrogens is 314 g/mol. The lowest BCUT2D eigenvalue weighted by Crippen LogP contribution is -2.17. The highest BCUT2D eigenvalue weighted by Crippen LogP contribution is 2.21. The predicted octanol–water partition coefficient (Wildman–Crippen LogP) is 2.53. The molecule has 0 saturated heterocycles. The topological polar surface area (TPSA) is 89.0 Å². The summed E-state index contributed by atoms with van der Waals surface area (Å²) < 4.78 is 23.5. The molecule has 7 heteroatoms. The van der Waals surface area contributed by atoms with E-state index < -0.39 is 9.84 Å². The van der Waals surface area contributed by atoms with Crippen molar-refractivity contribution in [3.05, 3.63) is 36.4 Å². The molecule has 1 N–H and O–H groups in total. The molecule has 1 amide bonds. The zero-order valence-corrected chi connectivity index (χ0v) is 14.1. The Morgan fingerprint density at radius 2 is 1.91 bits per heavy atom. The van der Waals surface area contributed by atoms with Gasteiger partial charge < -0.3 is 5.32 Å². The van der Waals surface area contributed by atoms with Crippen molar-refractivity contribution in [1.29, 1.82) is 0 Å². The third kappa shape index (κ3) is 4.13. The summed E-state index contributed by atoms with van der Waals surface area (Å²) in [6.45, 7) is 5.20. The Balaban J connectivity index is 2.27. The summed E-state index contributed by atoms with van der Waals surface area (Å²) in [5, 5.41) is 10.5. The van der Waals surface area contributed by atoms with Crippen molar-refractivity contribution >= 4 is 21.4 Å². The molecule has 122 valence electrons. The Hall–Kier alpha value is -2.28. The van der Waals surface area contributed by atoms with Crippen LogP contribution in [-0.2, 0) is 14.6 Å². The summed E-state index contributed by atoms with van der Waals surface area (Å²) in [5.74, 6) is -0.202. The van der Waals surface area contributed by atoms with Crippen LogP contribution in [0.2, 0.25) is 0 Å². The van der Waals surface area contributed by atoms with E-state index in [2.05, 4.69) is 15.5 Å². The van der Waals surface area contributed by atoms with Crippen molar-refractivity contribution in [2.75, 3.05) is 11.1 Å². The third-order valence-electron chi connectivity index (χ3n) is 3.29. The summed E-state index contributed by atoms with van der Waals surface area (Å²) in [6, 6.07) is 10.2. The van der Waals surface area contributed by atoms with Gasteiger partial charge in [-0.15, -0.1) is 10.2 Å². The number of aromatic nitrogens is 2. The smallest absolute Gasteiger partial charge is 0.226 e. The molecule has 0 atom stereocenters. The number of carbonyl (C=O) groups excluding carboxylic acids is 1. The highest BCUT2D eigenvalue weighted by Gasteiger charge is 2.14. The lowest BCUT2D eigenvalue weighted by atomic mass is 10.1. The van der Waals surface area contributed by atoms with E-state index in [9.17, 15) is 13.2 Å². The van der Waals surface area contributed by atoms with E-state index in [4.69, 9.17) is 0 Å². The zero-order chi connectivity index (χ0) is 17.0. The van der Waals surface area contributed by atoms with Crippen LogP contribution in [0, 0.1) is 5.92 Å². The molecule has 0 aliphatic heterocycles.